The Balaban J connectivity index is 1.69. The van der Waals surface area contributed by atoms with Gasteiger partial charge in [0.1, 0.15) is 5.75 Å². The van der Waals surface area contributed by atoms with Crippen molar-refractivity contribution in [1.29, 1.82) is 0 Å². The monoisotopic (exact) mass is 445 g/mol. The maximum absolute atomic E-state index is 12.2. The number of carbonyl (C=O) groups excluding carboxylic acids is 1. The summed E-state index contributed by atoms with van der Waals surface area (Å²) in [6.07, 6.45) is 3.66. The van der Waals surface area contributed by atoms with Crippen LogP contribution in [0.15, 0.2) is 42.5 Å². The zero-order valence-corrected chi connectivity index (χ0v) is 19.0. The van der Waals surface area contributed by atoms with Crippen molar-refractivity contribution in [3.63, 3.8) is 0 Å². The lowest BCUT2D eigenvalue weighted by Crippen LogP contribution is -2.38. The number of ether oxygens (including phenoxy) is 2. The number of nitrogens with one attached hydrogen (secondary N) is 1. The van der Waals surface area contributed by atoms with Gasteiger partial charge in [-0.1, -0.05) is 43.1 Å². The number of fused-ring (bicyclic) bond motifs is 1. The molecule has 5 nitrogen and oxygen atoms in total. The van der Waals surface area contributed by atoms with E-state index in [1.54, 1.807) is 6.92 Å². The van der Waals surface area contributed by atoms with Crippen molar-refractivity contribution in [2.75, 3.05) is 13.2 Å². The molecule has 31 heavy (non-hydrogen) atoms. The molecule has 2 aromatic carbocycles. The number of aliphatic hydroxyl groups is 1. The van der Waals surface area contributed by atoms with Gasteiger partial charge in [-0.3, -0.25) is 0 Å². The molecule has 0 amide bonds. The minimum absolute atomic E-state index is 0.00505. The Morgan fingerprint density at radius 2 is 2.06 bits per heavy atom. The van der Waals surface area contributed by atoms with Gasteiger partial charge in [0.15, 0.2) is 6.10 Å². The fraction of sp³-hybridized carbons (Fsp3) is 0.480. The third-order valence-corrected chi connectivity index (χ3v) is 5.89. The van der Waals surface area contributed by atoms with Crippen LogP contribution in [0.4, 0.5) is 0 Å². The molecule has 3 unspecified atom stereocenters. The van der Waals surface area contributed by atoms with Crippen molar-refractivity contribution in [3.8, 4) is 5.75 Å². The second kappa shape index (κ2) is 11.5. The van der Waals surface area contributed by atoms with Gasteiger partial charge in [0.05, 0.1) is 19.3 Å². The van der Waals surface area contributed by atoms with E-state index >= 15 is 0 Å². The average Bonchev–Trinajstić information content (AvgIpc) is 2.77. The highest BCUT2D eigenvalue weighted by Crippen LogP contribution is 2.28. The predicted molar refractivity (Wildman–Crippen MR) is 123 cm³/mol. The van der Waals surface area contributed by atoms with Gasteiger partial charge in [0.2, 0.25) is 0 Å². The number of rotatable bonds is 10. The molecule has 0 saturated heterocycles. The van der Waals surface area contributed by atoms with Crippen molar-refractivity contribution >= 4 is 17.6 Å². The number of hydrogen-bond acceptors (Lipinski definition) is 5. The SMILES string of the molecule is CCCC(Oc1ccc2c(c1)CC(NC(CO)c1cccc(Cl)c1)CC2)C(=O)OCC. The van der Waals surface area contributed by atoms with Crippen LogP contribution < -0.4 is 10.1 Å². The first-order valence-electron chi connectivity index (χ1n) is 11.1. The van der Waals surface area contributed by atoms with Gasteiger partial charge >= 0.3 is 5.97 Å². The molecule has 0 heterocycles. The molecule has 3 atom stereocenters. The third-order valence-electron chi connectivity index (χ3n) is 5.66. The van der Waals surface area contributed by atoms with Gasteiger partial charge in [-0.2, -0.15) is 0 Å². The van der Waals surface area contributed by atoms with Crippen LogP contribution in [0.1, 0.15) is 55.8 Å². The molecule has 6 heteroatoms. The normalized spacial score (nSPS) is 17.5. The average molecular weight is 446 g/mol. The largest absolute Gasteiger partial charge is 0.479 e. The van der Waals surface area contributed by atoms with Gasteiger partial charge in [0.25, 0.3) is 0 Å². The molecule has 3 rings (SSSR count). The number of aliphatic hydroxyl groups excluding tert-OH is 1. The fourth-order valence-corrected chi connectivity index (χ4v) is 4.30. The summed E-state index contributed by atoms with van der Waals surface area (Å²) in [5.41, 5.74) is 3.50. The number of esters is 1. The van der Waals surface area contributed by atoms with E-state index in [9.17, 15) is 9.90 Å². The number of aryl methyl sites for hydroxylation is 1. The quantitative estimate of drug-likeness (QED) is 0.522. The van der Waals surface area contributed by atoms with E-state index in [4.69, 9.17) is 21.1 Å². The van der Waals surface area contributed by atoms with Crippen LogP contribution in [0.25, 0.3) is 0 Å². The molecule has 0 spiro atoms. The molecule has 0 saturated carbocycles. The second-order valence-corrected chi connectivity index (χ2v) is 8.41. The van der Waals surface area contributed by atoms with Crippen molar-refractivity contribution in [2.45, 2.75) is 64.1 Å². The Labute approximate surface area is 189 Å². The summed E-state index contributed by atoms with van der Waals surface area (Å²) < 4.78 is 11.2. The minimum Gasteiger partial charge on any atom is -0.479 e. The minimum atomic E-state index is -0.581. The number of carbonyl (C=O) groups is 1. The summed E-state index contributed by atoms with van der Waals surface area (Å²) >= 11 is 6.12. The van der Waals surface area contributed by atoms with Crippen LogP contribution >= 0.6 is 11.6 Å². The lowest BCUT2D eigenvalue weighted by atomic mass is 9.87. The summed E-state index contributed by atoms with van der Waals surface area (Å²) in [4.78, 5) is 12.2. The lowest BCUT2D eigenvalue weighted by molar-refractivity contribution is -0.151. The van der Waals surface area contributed by atoms with Gasteiger partial charge in [0, 0.05) is 11.1 Å². The maximum Gasteiger partial charge on any atom is 0.347 e. The molecule has 2 N–H and O–H groups in total. The van der Waals surface area contributed by atoms with Crippen molar-refractivity contribution in [1.82, 2.24) is 5.32 Å². The van der Waals surface area contributed by atoms with E-state index in [0.717, 1.165) is 31.2 Å². The van der Waals surface area contributed by atoms with Gasteiger partial charge < -0.3 is 19.9 Å². The molecule has 2 aromatic rings. The first-order valence-corrected chi connectivity index (χ1v) is 11.5. The predicted octanol–water partition coefficient (Wildman–Crippen LogP) is 4.63. The molecule has 0 bridgehead atoms. The van der Waals surface area contributed by atoms with Crippen LogP contribution in [0, 0.1) is 0 Å². The molecular weight excluding hydrogens is 414 g/mol. The van der Waals surface area contributed by atoms with E-state index in [-0.39, 0.29) is 24.7 Å². The summed E-state index contributed by atoms with van der Waals surface area (Å²) in [5, 5.41) is 14.2. The number of benzene rings is 2. The molecule has 168 valence electrons. The zero-order valence-electron chi connectivity index (χ0n) is 18.3. The van der Waals surface area contributed by atoms with E-state index < -0.39 is 6.10 Å². The summed E-state index contributed by atoms with van der Waals surface area (Å²) in [6.45, 7) is 4.18. The highest BCUT2D eigenvalue weighted by molar-refractivity contribution is 6.30. The van der Waals surface area contributed by atoms with Gasteiger partial charge in [-0.05, 0) is 73.6 Å². The van der Waals surface area contributed by atoms with Crippen LogP contribution in [0.3, 0.4) is 0 Å². The standard InChI is InChI=1S/C25H32ClNO4/c1-3-6-24(25(29)30-4-2)31-22-12-10-17-9-11-21(14-19(17)15-22)27-23(16-28)18-7-5-8-20(26)13-18/h5,7-8,10,12-13,15,21,23-24,27-28H,3-4,6,9,11,14,16H2,1-2H3. The zero-order chi connectivity index (χ0) is 22.2. The molecule has 1 aliphatic rings. The lowest BCUT2D eigenvalue weighted by Gasteiger charge is -2.30. The van der Waals surface area contributed by atoms with Crippen molar-refractivity contribution in [3.05, 3.63) is 64.2 Å². The Morgan fingerprint density at radius 3 is 2.77 bits per heavy atom. The van der Waals surface area contributed by atoms with E-state index in [1.807, 2.05) is 43.3 Å². The van der Waals surface area contributed by atoms with Crippen LogP contribution in [0.5, 0.6) is 5.75 Å². The van der Waals surface area contributed by atoms with Crippen molar-refractivity contribution in [2.24, 2.45) is 0 Å². The molecule has 0 fully saturated rings. The highest BCUT2D eigenvalue weighted by Gasteiger charge is 2.24. The van der Waals surface area contributed by atoms with Gasteiger partial charge in [-0.25, -0.2) is 4.79 Å². The Kier molecular flexibility index (Phi) is 8.76. The fourth-order valence-electron chi connectivity index (χ4n) is 4.10. The molecule has 0 aliphatic heterocycles. The first kappa shape index (κ1) is 23.6. The van der Waals surface area contributed by atoms with Crippen molar-refractivity contribution < 1.29 is 19.4 Å². The van der Waals surface area contributed by atoms with Crippen LogP contribution in [0.2, 0.25) is 5.02 Å². The topological polar surface area (TPSA) is 67.8 Å². The van der Waals surface area contributed by atoms with Crippen LogP contribution in [-0.4, -0.2) is 36.4 Å². The summed E-state index contributed by atoms with van der Waals surface area (Å²) in [5.74, 6) is 0.383. The second-order valence-electron chi connectivity index (χ2n) is 7.97. The van der Waals surface area contributed by atoms with Crippen LogP contribution in [-0.2, 0) is 22.4 Å². The molecule has 0 aromatic heterocycles. The molecular formula is C25H32ClNO4. The summed E-state index contributed by atoms with van der Waals surface area (Å²) in [6, 6.07) is 13.7. The number of hydrogen-bond donors (Lipinski definition) is 2. The highest BCUT2D eigenvalue weighted by atomic mass is 35.5. The Morgan fingerprint density at radius 1 is 1.23 bits per heavy atom. The van der Waals surface area contributed by atoms with E-state index in [2.05, 4.69) is 11.4 Å². The van der Waals surface area contributed by atoms with Gasteiger partial charge in [-0.15, -0.1) is 0 Å². The number of halogens is 1. The molecule has 1 aliphatic carbocycles. The first-order chi connectivity index (χ1) is 15.0. The molecule has 0 radical (unpaired) electrons. The Hall–Kier alpha value is -2.08. The van der Waals surface area contributed by atoms with E-state index in [0.29, 0.717) is 23.8 Å². The summed E-state index contributed by atoms with van der Waals surface area (Å²) in [7, 11) is 0. The Bertz CT molecular complexity index is 872. The third kappa shape index (κ3) is 6.45. The maximum atomic E-state index is 12.2. The van der Waals surface area contributed by atoms with E-state index in [1.165, 1.54) is 11.1 Å². The smallest absolute Gasteiger partial charge is 0.347 e.